The van der Waals surface area contributed by atoms with Crippen LogP contribution in [0.15, 0.2) is 36.5 Å². The highest BCUT2D eigenvalue weighted by Crippen LogP contribution is 2.29. The molecule has 144 valence electrons. The minimum atomic E-state index is -0.00826. The van der Waals surface area contributed by atoms with Crippen molar-refractivity contribution in [1.29, 1.82) is 0 Å². The molecule has 2 fully saturated rings. The number of likely N-dealkylation sites (tertiary alicyclic amines) is 1. The number of aromatic nitrogens is 2. The molecule has 2 N–H and O–H groups in total. The van der Waals surface area contributed by atoms with Crippen LogP contribution in [0, 0.1) is 0 Å². The van der Waals surface area contributed by atoms with Crippen molar-refractivity contribution in [2.75, 3.05) is 37.7 Å². The number of nitrogens with zero attached hydrogens (tertiary/aromatic N) is 3. The predicted octanol–water partition coefficient (Wildman–Crippen LogP) is 2.68. The molecule has 2 aliphatic rings. The molecule has 0 spiro atoms. The van der Waals surface area contributed by atoms with Crippen LogP contribution in [-0.2, 0) is 11.3 Å². The second-order valence-electron chi connectivity index (χ2n) is 7.10. The first-order valence-corrected chi connectivity index (χ1v) is 9.77. The van der Waals surface area contributed by atoms with Crippen molar-refractivity contribution in [3.63, 3.8) is 0 Å². The van der Waals surface area contributed by atoms with Crippen LogP contribution in [0.4, 0.5) is 10.5 Å². The second kappa shape index (κ2) is 8.43. The van der Waals surface area contributed by atoms with Gasteiger partial charge >= 0.3 is 6.03 Å². The highest BCUT2D eigenvalue weighted by atomic mass is 16.5. The van der Waals surface area contributed by atoms with Gasteiger partial charge in [0.25, 0.3) is 0 Å². The first-order valence-electron chi connectivity index (χ1n) is 9.77. The van der Waals surface area contributed by atoms with Crippen LogP contribution in [-0.4, -0.2) is 54.0 Å². The van der Waals surface area contributed by atoms with Gasteiger partial charge < -0.3 is 19.9 Å². The number of rotatable bonds is 4. The molecule has 7 nitrogen and oxygen atoms in total. The van der Waals surface area contributed by atoms with Crippen LogP contribution in [0.3, 0.4) is 0 Å². The van der Waals surface area contributed by atoms with Crippen LogP contribution in [0.1, 0.15) is 36.6 Å². The van der Waals surface area contributed by atoms with Crippen molar-refractivity contribution in [1.82, 2.24) is 20.4 Å². The number of piperidine rings is 1. The third kappa shape index (κ3) is 4.08. The number of carbonyl (C=O) groups excluding carboxylic acids is 1. The normalized spacial score (nSPS) is 20.5. The Hall–Kier alpha value is -2.54. The van der Waals surface area contributed by atoms with E-state index in [0.29, 0.717) is 6.54 Å². The lowest BCUT2D eigenvalue weighted by atomic mass is 10.00. The Morgan fingerprint density at radius 3 is 2.85 bits per heavy atom. The maximum absolute atomic E-state index is 12.9. The summed E-state index contributed by atoms with van der Waals surface area (Å²) in [6.07, 6.45) is 4.90. The number of carbonyl (C=O) groups is 1. The maximum Gasteiger partial charge on any atom is 0.318 e. The predicted molar refractivity (Wildman–Crippen MR) is 104 cm³/mol. The molecule has 0 aliphatic carbocycles. The van der Waals surface area contributed by atoms with E-state index in [1.54, 1.807) is 6.20 Å². The summed E-state index contributed by atoms with van der Waals surface area (Å²) in [6.45, 7) is 4.58. The van der Waals surface area contributed by atoms with Gasteiger partial charge in [-0.25, -0.2) is 4.79 Å². The van der Waals surface area contributed by atoms with Crippen molar-refractivity contribution in [3.05, 3.63) is 47.8 Å². The van der Waals surface area contributed by atoms with Crippen LogP contribution in [0.25, 0.3) is 0 Å². The number of morpholine rings is 1. The summed E-state index contributed by atoms with van der Waals surface area (Å²) in [5.41, 5.74) is 3.34. The van der Waals surface area contributed by atoms with Crippen molar-refractivity contribution in [2.45, 2.75) is 31.8 Å². The molecule has 7 heteroatoms. The largest absolute Gasteiger partial charge is 0.378 e. The molecule has 0 radical (unpaired) electrons. The number of hydrogen-bond acceptors (Lipinski definition) is 4. The molecule has 3 heterocycles. The van der Waals surface area contributed by atoms with Gasteiger partial charge in [-0.05, 0) is 37.0 Å². The minimum absolute atomic E-state index is 0.00826. The number of H-pyrrole nitrogens is 1. The van der Waals surface area contributed by atoms with Crippen molar-refractivity contribution in [3.8, 4) is 0 Å². The first-order chi connectivity index (χ1) is 13.3. The number of benzene rings is 1. The Balaban J connectivity index is 1.43. The Labute approximate surface area is 159 Å². The molecular weight excluding hydrogens is 342 g/mol. The summed E-state index contributed by atoms with van der Waals surface area (Å²) in [4.78, 5) is 17.2. The number of ether oxygens (including phenoxy) is 1. The van der Waals surface area contributed by atoms with Crippen LogP contribution < -0.4 is 10.2 Å². The fourth-order valence-electron chi connectivity index (χ4n) is 4.00. The molecular formula is C20H27N5O2. The molecule has 2 aromatic rings. The van der Waals surface area contributed by atoms with Gasteiger partial charge in [-0.15, -0.1) is 0 Å². The summed E-state index contributed by atoms with van der Waals surface area (Å²) < 4.78 is 5.46. The average Bonchev–Trinajstić information content (AvgIpc) is 3.28. The first kappa shape index (κ1) is 17.9. The van der Waals surface area contributed by atoms with E-state index in [0.717, 1.165) is 63.4 Å². The van der Waals surface area contributed by atoms with Gasteiger partial charge in [0, 0.05) is 38.1 Å². The summed E-state index contributed by atoms with van der Waals surface area (Å²) in [5.74, 6) is 0. The van der Waals surface area contributed by atoms with Gasteiger partial charge in [-0.2, -0.15) is 5.10 Å². The van der Waals surface area contributed by atoms with E-state index >= 15 is 0 Å². The van der Waals surface area contributed by atoms with E-state index in [1.165, 1.54) is 5.69 Å². The molecule has 27 heavy (non-hydrogen) atoms. The molecule has 1 aromatic heterocycles. The maximum atomic E-state index is 12.9. The summed E-state index contributed by atoms with van der Waals surface area (Å²) in [6, 6.07) is 10.3. The SMILES string of the molecule is O=C(NCc1ccccc1N1CCOCC1)N1CCCCC1c1ccn[nH]1. The highest BCUT2D eigenvalue weighted by Gasteiger charge is 2.28. The smallest absolute Gasteiger partial charge is 0.318 e. The van der Waals surface area contributed by atoms with Crippen molar-refractivity contribution >= 4 is 11.7 Å². The van der Waals surface area contributed by atoms with E-state index in [2.05, 4.69) is 38.6 Å². The molecule has 0 bridgehead atoms. The average molecular weight is 369 g/mol. The molecule has 0 saturated carbocycles. The zero-order chi connectivity index (χ0) is 18.5. The van der Waals surface area contributed by atoms with Gasteiger partial charge in [-0.3, -0.25) is 5.10 Å². The zero-order valence-corrected chi connectivity index (χ0v) is 15.6. The molecule has 1 unspecified atom stereocenters. The lowest BCUT2D eigenvalue weighted by Crippen LogP contribution is -2.44. The van der Waals surface area contributed by atoms with Crippen molar-refractivity contribution < 1.29 is 9.53 Å². The number of aromatic amines is 1. The molecule has 2 saturated heterocycles. The third-order valence-corrected chi connectivity index (χ3v) is 5.42. The third-order valence-electron chi connectivity index (χ3n) is 5.42. The van der Waals surface area contributed by atoms with Crippen LogP contribution in [0.2, 0.25) is 0 Å². The van der Waals surface area contributed by atoms with Crippen LogP contribution in [0.5, 0.6) is 0 Å². The van der Waals surface area contributed by atoms with E-state index < -0.39 is 0 Å². The fraction of sp³-hybridized carbons (Fsp3) is 0.500. The quantitative estimate of drug-likeness (QED) is 0.869. The van der Waals surface area contributed by atoms with Gasteiger partial charge in [0.1, 0.15) is 0 Å². The van der Waals surface area contributed by atoms with Crippen LogP contribution >= 0.6 is 0 Å². The number of hydrogen-bond donors (Lipinski definition) is 2. The number of nitrogens with one attached hydrogen (secondary N) is 2. The summed E-state index contributed by atoms with van der Waals surface area (Å²) in [7, 11) is 0. The van der Waals surface area contributed by atoms with Crippen molar-refractivity contribution in [2.24, 2.45) is 0 Å². The minimum Gasteiger partial charge on any atom is -0.378 e. The number of anilines is 1. The van der Waals surface area contributed by atoms with E-state index in [9.17, 15) is 4.79 Å². The van der Waals surface area contributed by atoms with Gasteiger partial charge in [0.05, 0.1) is 24.9 Å². The summed E-state index contributed by atoms with van der Waals surface area (Å²) in [5, 5.41) is 10.2. The molecule has 4 rings (SSSR count). The zero-order valence-electron chi connectivity index (χ0n) is 15.6. The fourth-order valence-corrected chi connectivity index (χ4v) is 4.00. The number of para-hydroxylation sites is 1. The van der Waals surface area contributed by atoms with E-state index in [1.807, 2.05) is 17.0 Å². The Morgan fingerprint density at radius 1 is 1.19 bits per heavy atom. The van der Waals surface area contributed by atoms with Gasteiger partial charge in [-0.1, -0.05) is 18.2 Å². The number of amides is 2. The lowest BCUT2D eigenvalue weighted by Gasteiger charge is -2.35. The topological polar surface area (TPSA) is 73.5 Å². The Morgan fingerprint density at radius 2 is 2.04 bits per heavy atom. The lowest BCUT2D eigenvalue weighted by molar-refractivity contribution is 0.122. The van der Waals surface area contributed by atoms with E-state index in [-0.39, 0.29) is 12.1 Å². The number of urea groups is 1. The van der Waals surface area contributed by atoms with E-state index in [4.69, 9.17) is 4.74 Å². The van der Waals surface area contributed by atoms with Gasteiger partial charge in [0.2, 0.25) is 0 Å². The molecule has 1 aromatic carbocycles. The van der Waals surface area contributed by atoms with Gasteiger partial charge in [0.15, 0.2) is 0 Å². The monoisotopic (exact) mass is 369 g/mol. The Bertz CT molecular complexity index is 743. The second-order valence-corrected chi connectivity index (χ2v) is 7.10. The Kier molecular flexibility index (Phi) is 5.58. The summed E-state index contributed by atoms with van der Waals surface area (Å²) >= 11 is 0. The molecule has 1 atom stereocenters. The standard InChI is InChI=1S/C20H27N5O2/c26-20(25-10-4-3-7-19(25)17-8-9-22-23-17)21-15-16-5-1-2-6-18(16)24-11-13-27-14-12-24/h1-2,5-6,8-9,19H,3-4,7,10-15H2,(H,21,26)(H,22,23). The molecule has 2 aliphatic heterocycles. The highest BCUT2D eigenvalue weighted by molar-refractivity contribution is 5.75. The molecule has 2 amide bonds.